The van der Waals surface area contributed by atoms with Crippen LogP contribution in [0.5, 0.6) is 0 Å². The Kier molecular flexibility index (Phi) is 4.02. The highest BCUT2D eigenvalue weighted by Crippen LogP contribution is 2.29. The molecular formula is C13H12BrF2NS. The molecule has 2 rings (SSSR count). The second kappa shape index (κ2) is 5.36. The number of anilines is 1. The van der Waals surface area contributed by atoms with Gasteiger partial charge in [0.1, 0.15) is 17.3 Å². The lowest BCUT2D eigenvalue weighted by Crippen LogP contribution is -2.08. The molecule has 0 spiro atoms. The molecule has 18 heavy (non-hydrogen) atoms. The third kappa shape index (κ3) is 2.90. The summed E-state index contributed by atoms with van der Waals surface area (Å²) in [7, 11) is 0. The van der Waals surface area contributed by atoms with Crippen molar-refractivity contribution in [1.82, 2.24) is 0 Å². The molecule has 0 aliphatic heterocycles. The second-order valence-corrected chi connectivity index (χ2v) is 6.29. The van der Waals surface area contributed by atoms with E-state index in [9.17, 15) is 8.78 Å². The topological polar surface area (TPSA) is 12.0 Å². The molecule has 1 aromatic carbocycles. The largest absolute Gasteiger partial charge is 0.373 e. The lowest BCUT2D eigenvalue weighted by Gasteiger charge is -2.15. The van der Waals surface area contributed by atoms with Gasteiger partial charge in [0.15, 0.2) is 0 Å². The van der Waals surface area contributed by atoms with E-state index >= 15 is 0 Å². The maximum atomic E-state index is 13.7. The molecule has 0 radical (unpaired) electrons. The van der Waals surface area contributed by atoms with Crippen LogP contribution in [0.2, 0.25) is 0 Å². The van der Waals surface area contributed by atoms with E-state index in [0.717, 1.165) is 4.88 Å². The summed E-state index contributed by atoms with van der Waals surface area (Å²) < 4.78 is 27.7. The molecule has 0 fully saturated rings. The number of rotatable bonds is 3. The van der Waals surface area contributed by atoms with E-state index in [1.54, 1.807) is 11.3 Å². The highest BCUT2D eigenvalue weighted by atomic mass is 79.9. The van der Waals surface area contributed by atoms with Gasteiger partial charge >= 0.3 is 0 Å². The van der Waals surface area contributed by atoms with Gasteiger partial charge in [-0.15, -0.1) is 11.3 Å². The van der Waals surface area contributed by atoms with Crippen LogP contribution in [0.3, 0.4) is 0 Å². The van der Waals surface area contributed by atoms with Gasteiger partial charge in [-0.3, -0.25) is 0 Å². The summed E-state index contributed by atoms with van der Waals surface area (Å²) in [5.74, 6) is -1.19. The lowest BCUT2D eigenvalue weighted by molar-refractivity contribution is 0.583. The Morgan fingerprint density at radius 2 is 1.83 bits per heavy atom. The quantitative estimate of drug-likeness (QED) is 0.807. The monoisotopic (exact) mass is 331 g/mol. The van der Waals surface area contributed by atoms with Gasteiger partial charge in [0.2, 0.25) is 0 Å². The fourth-order valence-electron chi connectivity index (χ4n) is 1.65. The Labute approximate surface area is 117 Å². The predicted molar refractivity (Wildman–Crippen MR) is 75.2 cm³/mol. The predicted octanol–water partition coefficient (Wildman–Crippen LogP) is 5.27. The molecule has 0 saturated heterocycles. The summed E-state index contributed by atoms with van der Waals surface area (Å²) in [5, 5.41) is 2.87. The van der Waals surface area contributed by atoms with Crippen LogP contribution >= 0.6 is 27.3 Å². The zero-order valence-electron chi connectivity index (χ0n) is 9.93. The van der Waals surface area contributed by atoms with Crippen molar-refractivity contribution in [1.29, 1.82) is 0 Å². The van der Waals surface area contributed by atoms with Crippen LogP contribution in [0.15, 0.2) is 28.7 Å². The first-order valence-corrected chi connectivity index (χ1v) is 7.05. The molecule has 5 heteroatoms. The summed E-state index contributed by atoms with van der Waals surface area (Å²) in [5.41, 5.74) is -0.0863. The van der Waals surface area contributed by atoms with Crippen LogP contribution in [-0.4, -0.2) is 0 Å². The van der Waals surface area contributed by atoms with Crippen molar-refractivity contribution in [2.24, 2.45) is 0 Å². The average Bonchev–Trinajstić information content (AvgIpc) is 2.70. The lowest BCUT2D eigenvalue weighted by atomic mass is 10.2. The molecule has 1 nitrogen and oxygen atoms in total. The van der Waals surface area contributed by atoms with E-state index in [1.807, 2.05) is 26.0 Å². The van der Waals surface area contributed by atoms with Crippen molar-refractivity contribution in [2.45, 2.75) is 19.9 Å². The molecule has 96 valence electrons. The molecule has 0 saturated carbocycles. The first kappa shape index (κ1) is 13.5. The van der Waals surface area contributed by atoms with Crippen LogP contribution in [-0.2, 0) is 0 Å². The Hall–Kier alpha value is -0.940. The van der Waals surface area contributed by atoms with Gasteiger partial charge in [0.05, 0.1) is 6.04 Å². The number of halogens is 3. The Morgan fingerprint density at radius 3 is 2.33 bits per heavy atom. The molecule has 0 bridgehead atoms. The molecule has 1 unspecified atom stereocenters. The molecule has 2 aromatic rings. The van der Waals surface area contributed by atoms with Crippen molar-refractivity contribution < 1.29 is 8.78 Å². The second-order valence-electron chi connectivity index (χ2n) is 4.06. The Morgan fingerprint density at radius 1 is 1.22 bits per heavy atom. The number of nitrogens with one attached hydrogen (secondary N) is 1. The van der Waals surface area contributed by atoms with Gasteiger partial charge in [-0.1, -0.05) is 15.9 Å². The summed E-state index contributed by atoms with van der Waals surface area (Å²) in [4.78, 5) is 2.23. The number of hydrogen-bond acceptors (Lipinski definition) is 2. The third-order valence-corrected chi connectivity index (χ3v) is 4.20. The van der Waals surface area contributed by atoms with Crippen molar-refractivity contribution in [3.05, 3.63) is 50.1 Å². The molecule has 1 heterocycles. The highest BCUT2D eigenvalue weighted by Gasteiger charge is 2.14. The SMILES string of the molecule is Cc1ccc(C(C)Nc2c(F)cc(Br)cc2F)s1. The highest BCUT2D eigenvalue weighted by molar-refractivity contribution is 9.10. The van der Waals surface area contributed by atoms with Crippen molar-refractivity contribution in [3.63, 3.8) is 0 Å². The van der Waals surface area contributed by atoms with E-state index in [0.29, 0.717) is 4.47 Å². The third-order valence-electron chi connectivity index (χ3n) is 2.56. The smallest absolute Gasteiger partial charge is 0.150 e. The van der Waals surface area contributed by atoms with Crippen LogP contribution in [0, 0.1) is 18.6 Å². The zero-order chi connectivity index (χ0) is 13.3. The average molecular weight is 332 g/mol. The van der Waals surface area contributed by atoms with Gasteiger partial charge in [-0.2, -0.15) is 0 Å². The van der Waals surface area contributed by atoms with E-state index in [-0.39, 0.29) is 11.7 Å². The number of hydrogen-bond donors (Lipinski definition) is 1. The molecule has 1 atom stereocenters. The van der Waals surface area contributed by atoms with E-state index in [4.69, 9.17) is 0 Å². The van der Waals surface area contributed by atoms with Crippen LogP contribution < -0.4 is 5.32 Å². The van der Waals surface area contributed by atoms with Gasteiger partial charge in [0, 0.05) is 14.2 Å². The Balaban J connectivity index is 2.24. The molecule has 0 amide bonds. The molecular weight excluding hydrogens is 320 g/mol. The van der Waals surface area contributed by atoms with Gasteiger partial charge < -0.3 is 5.32 Å². The number of thiophene rings is 1. The van der Waals surface area contributed by atoms with Crippen LogP contribution in [0.4, 0.5) is 14.5 Å². The fourth-order valence-corrected chi connectivity index (χ4v) is 2.94. The van der Waals surface area contributed by atoms with Gasteiger partial charge in [0.25, 0.3) is 0 Å². The molecule has 1 N–H and O–H groups in total. The summed E-state index contributed by atoms with van der Waals surface area (Å²) in [6, 6.07) is 6.32. The molecule has 1 aromatic heterocycles. The molecule has 0 aliphatic rings. The minimum absolute atomic E-state index is 0.0863. The van der Waals surface area contributed by atoms with Gasteiger partial charge in [-0.25, -0.2) is 8.78 Å². The fraction of sp³-hybridized carbons (Fsp3) is 0.231. The van der Waals surface area contributed by atoms with Crippen LogP contribution in [0.25, 0.3) is 0 Å². The van der Waals surface area contributed by atoms with E-state index in [2.05, 4.69) is 21.2 Å². The number of aryl methyl sites for hydroxylation is 1. The zero-order valence-corrected chi connectivity index (χ0v) is 12.3. The van der Waals surface area contributed by atoms with E-state index in [1.165, 1.54) is 17.0 Å². The molecule has 0 aliphatic carbocycles. The minimum atomic E-state index is -0.595. The minimum Gasteiger partial charge on any atom is -0.373 e. The van der Waals surface area contributed by atoms with E-state index < -0.39 is 11.6 Å². The number of benzene rings is 1. The first-order valence-electron chi connectivity index (χ1n) is 5.45. The Bertz CT molecular complexity index is 545. The summed E-state index contributed by atoms with van der Waals surface area (Å²) in [6.07, 6.45) is 0. The van der Waals surface area contributed by atoms with Crippen molar-refractivity contribution in [3.8, 4) is 0 Å². The van der Waals surface area contributed by atoms with Crippen molar-refractivity contribution >= 4 is 33.0 Å². The first-order chi connectivity index (χ1) is 8.47. The van der Waals surface area contributed by atoms with Crippen molar-refractivity contribution in [2.75, 3.05) is 5.32 Å². The standard InChI is InChI=1S/C13H12BrF2NS/c1-7-3-4-12(18-7)8(2)17-13-10(15)5-9(14)6-11(13)16/h3-6,8,17H,1-2H3. The maximum absolute atomic E-state index is 13.7. The summed E-state index contributed by atoms with van der Waals surface area (Å²) >= 11 is 4.67. The van der Waals surface area contributed by atoms with Gasteiger partial charge in [-0.05, 0) is 38.1 Å². The normalized spacial score (nSPS) is 12.5. The maximum Gasteiger partial charge on any atom is 0.150 e. The summed E-state index contributed by atoms with van der Waals surface area (Å²) in [6.45, 7) is 3.88. The van der Waals surface area contributed by atoms with Crippen LogP contribution in [0.1, 0.15) is 22.7 Å².